The topological polar surface area (TPSA) is 46.3 Å². The zero-order valence-corrected chi connectivity index (χ0v) is 13.2. The number of hydrogen-bond acceptors (Lipinski definition) is 2. The van der Waals surface area contributed by atoms with E-state index in [9.17, 15) is 4.79 Å². The van der Waals surface area contributed by atoms with Gasteiger partial charge in [0, 0.05) is 23.3 Å². The molecule has 21 heavy (non-hydrogen) atoms. The highest BCUT2D eigenvalue weighted by Crippen LogP contribution is 2.24. The lowest BCUT2D eigenvalue weighted by atomic mass is 10.0. The van der Waals surface area contributed by atoms with E-state index in [-0.39, 0.29) is 11.9 Å². The van der Waals surface area contributed by atoms with Crippen LogP contribution >= 0.6 is 11.6 Å². The van der Waals surface area contributed by atoms with Crippen molar-refractivity contribution in [2.75, 3.05) is 12.8 Å². The van der Waals surface area contributed by atoms with Crippen LogP contribution in [0.5, 0.6) is 0 Å². The van der Waals surface area contributed by atoms with Gasteiger partial charge in [-0.2, -0.15) is 0 Å². The van der Waals surface area contributed by atoms with E-state index in [1.807, 2.05) is 50.2 Å². The molecule has 2 aromatic rings. The Hall–Kier alpha value is -2.00. The highest BCUT2D eigenvalue weighted by molar-refractivity contribution is 6.30. The normalized spacial score (nSPS) is 12.0. The molecular formula is C17H19ClN2O. The molecule has 1 amide bonds. The van der Waals surface area contributed by atoms with E-state index in [0.717, 1.165) is 11.1 Å². The molecule has 1 unspecified atom stereocenters. The number of hydrogen-bond donors (Lipinski definition) is 1. The Labute approximate surface area is 130 Å². The summed E-state index contributed by atoms with van der Waals surface area (Å²) in [5, 5.41) is 0.667. The number of aryl methyl sites for hydroxylation is 1. The lowest BCUT2D eigenvalue weighted by Crippen LogP contribution is -2.29. The molecule has 0 aliphatic heterocycles. The van der Waals surface area contributed by atoms with Crippen molar-refractivity contribution >= 4 is 23.2 Å². The summed E-state index contributed by atoms with van der Waals surface area (Å²) in [6, 6.07) is 12.9. The number of nitrogen functional groups attached to an aromatic ring is 1. The van der Waals surface area contributed by atoms with Crippen LogP contribution in [0.4, 0.5) is 5.69 Å². The van der Waals surface area contributed by atoms with Crippen LogP contribution in [-0.2, 0) is 0 Å². The molecule has 110 valence electrons. The Morgan fingerprint density at radius 3 is 2.57 bits per heavy atom. The number of benzene rings is 2. The number of nitrogens with two attached hydrogens (primary N) is 1. The maximum absolute atomic E-state index is 12.6. The van der Waals surface area contributed by atoms with Crippen molar-refractivity contribution in [3.63, 3.8) is 0 Å². The van der Waals surface area contributed by atoms with E-state index < -0.39 is 0 Å². The number of halogens is 1. The summed E-state index contributed by atoms with van der Waals surface area (Å²) in [5.41, 5.74) is 8.99. The van der Waals surface area contributed by atoms with E-state index in [0.29, 0.717) is 16.3 Å². The predicted octanol–water partition coefficient (Wildman–Crippen LogP) is 4.06. The van der Waals surface area contributed by atoms with Gasteiger partial charge in [-0.25, -0.2) is 0 Å². The molecule has 0 heterocycles. The number of anilines is 1. The van der Waals surface area contributed by atoms with Gasteiger partial charge in [0.2, 0.25) is 0 Å². The minimum atomic E-state index is -0.0714. The van der Waals surface area contributed by atoms with Crippen LogP contribution in [0.3, 0.4) is 0 Å². The number of rotatable bonds is 3. The van der Waals surface area contributed by atoms with Crippen LogP contribution in [0.25, 0.3) is 0 Å². The molecule has 0 bridgehead atoms. The van der Waals surface area contributed by atoms with Crippen molar-refractivity contribution in [1.82, 2.24) is 4.90 Å². The molecule has 3 nitrogen and oxygen atoms in total. The largest absolute Gasteiger partial charge is 0.399 e. The fourth-order valence-electron chi connectivity index (χ4n) is 2.31. The van der Waals surface area contributed by atoms with Crippen molar-refractivity contribution in [2.24, 2.45) is 0 Å². The van der Waals surface area contributed by atoms with Crippen LogP contribution in [0.15, 0.2) is 42.5 Å². The number of nitrogens with zero attached hydrogens (tertiary/aromatic N) is 1. The molecule has 0 aliphatic rings. The second-order valence-electron chi connectivity index (χ2n) is 5.28. The molecule has 0 fully saturated rings. The van der Waals surface area contributed by atoms with Crippen molar-refractivity contribution in [3.05, 3.63) is 64.2 Å². The molecule has 0 radical (unpaired) electrons. The highest BCUT2D eigenvalue weighted by atomic mass is 35.5. The van der Waals surface area contributed by atoms with Gasteiger partial charge in [0.1, 0.15) is 0 Å². The Balaban J connectivity index is 2.26. The first-order valence-corrected chi connectivity index (χ1v) is 7.16. The SMILES string of the molecule is Cc1cc(N)cc(C(=O)N(C)C(C)c2cccc(Cl)c2)c1. The zero-order chi connectivity index (χ0) is 15.6. The first kappa shape index (κ1) is 15.4. The van der Waals surface area contributed by atoms with E-state index in [4.69, 9.17) is 17.3 Å². The van der Waals surface area contributed by atoms with Gasteiger partial charge in [-0.15, -0.1) is 0 Å². The van der Waals surface area contributed by atoms with Crippen LogP contribution in [-0.4, -0.2) is 17.9 Å². The molecule has 0 spiro atoms. The van der Waals surface area contributed by atoms with Gasteiger partial charge in [0.05, 0.1) is 6.04 Å². The summed E-state index contributed by atoms with van der Waals surface area (Å²) in [6.07, 6.45) is 0. The number of amides is 1. The minimum absolute atomic E-state index is 0.0575. The monoisotopic (exact) mass is 302 g/mol. The molecule has 2 N–H and O–H groups in total. The van der Waals surface area contributed by atoms with Gasteiger partial charge in [-0.05, 0) is 55.3 Å². The molecule has 2 aromatic carbocycles. The third-order valence-electron chi connectivity index (χ3n) is 3.58. The molecule has 4 heteroatoms. The van der Waals surface area contributed by atoms with Crippen molar-refractivity contribution in [3.8, 4) is 0 Å². The molecule has 0 aromatic heterocycles. The summed E-state index contributed by atoms with van der Waals surface area (Å²) in [6.45, 7) is 3.90. The summed E-state index contributed by atoms with van der Waals surface area (Å²) >= 11 is 6.01. The first-order chi connectivity index (χ1) is 9.88. The maximum Gasteiger partial charge on any atom is 0.254 e. The van der Waals surface area contributed by atoms with Gasteiger partial charge in [-0.3, -0.25) is 4.79 Å². The van der Waals surface area contributed by atoms with Crippen molar-refractivity contribution < 1.29 is 4.79 Å². The van der Waals surface area contributed by atoms with E-state index in [1.54, 1.807) is 18.0 Å². The lowest BCUT2D eigenvalue weighted by Gasteiger charge is -2.26. The summed E-state index contributed by atoms with van der Waals surface area (Å²) in [4.78, 5) is 14.3. The van der Waals surface area contributed by atoms with Gasteiger partial charge < -0.3 is 10.6 Å². The van der Waals surface area contributed by atoms with Gasteiger partial charge in [0.15, 0.2) is 0 Å². The lowest BCUT2D eigenvalue weighted by molar-refractivity contribution is 0.0742. The Morgan fingerprint density at radius 2 is 1.95 bits per heavy atom. The standard InChI is InChI=1S/C17H19ClN2O/c1-11-7-14(10-16(19)8-11)17(21)20(3)12(2)13-5-4-6-15(18)9-13/h4-10,12H,19H2,1-3H3. The highest BCUT2D eigenvalue weighted by Gasteiger charge is 2.19. The van der Waals surface area contributed by atoms with Gasteiger partial charge in [0.25, 0.3) is 5.91 Å². The maximum atomic E-state index is 12.6. The molecule has 0 aliphatic carbocycles. The zero-order valence-electron chi connectivity index (χ0n) is 12.4. The van der Waals surface area contributed by atoms with Crippen molar-refractivity contribution in [1.29, 1.82) is 0 Å². The Bertz CT molecular complexity index is 649. The quantitative estimate of drug-likeness (QED) is 0.869. The number of carbonyl (C=O) groups excluding carboxylic acids is 1. The molecule has 2 rings (SSSR count). The minimum Gasteiger partial charge on any atom is -0.399 e. The summed E-state index contributed by atoms with van der Waals surface area (Å²) in [5.74, 6) is -0.0575. The van der Waals surface area contributed by atoms with Gasteiger partial charge in [-0.1, -0.05) is 23.7 Å². The Kier molecular flexibility index (Phi) is 4.53. The smallest absolute Gasteiger partial charge is 0.254 e. The molecule has 0 saturated heterocycles. The van der Waals surface area contributed by atoms with E-state index in [2.05, 4.69) is 0 Å². The van der Waals surface area contributed by atoms with E-state index in [1.165, 1.54) is 0 Å². The van der Waals surface area contributed by atoms with E-state index >= 15 is 0 Å². The molecule has 1 atom stereocenters. The van der Waals surface area contributed by atoms with Crippen LogP contribution in [0, 0.1) is 6.92 Å². The summed E-state index contributed by atoms with van der Waals surface area (Å²) in [7, 11) is 1.78. The predicted molar refractivity (Wildman–Crippen MR) is 87.6 cm³/mol. The average Bonchev–Trinajstić information content (AvgIpc) is 2.44. The number of carbonyl (C=O) groups is 1. The Morgan fingerprint density at radius 1 is 1.24 bits per heavy atom. The first-order valence-electron chi connectivity index (χ1n) is 6.78. The fraction of sp³-hybridized carbons (Fsp3) is 0.235. The average molecular weight is 303 g/mol. The molecule has 0 saturated carbocycles. The van der Waals surface area contributed by atoms with Gasteiger partial charge >= 0.3 is 0 Å². The van der Waals surface area contributed by atoms with Crippen LogP contribution < -0.4 is 5.73 Å². The van der Waals surface area contributed by atoms with Crippen molar-refractivity contribution in [2.45, 2.75) is 19.9 Å². The second kappa shape index (κ2) is 6.19. The fourth-order valence-corrected chi connectivity index (χ4v) is 2.50. The third kappa shape index (κ3) is 3.56. The third-order valence-corrected chi connectivity index (χ3v) is 3.81. The summed E-state index contributed by atoms with van der Waals surface area (Å²) < 4.78 is 0. The second-order valence-corrected chi connectivity index (χ2v) is 5.72. The van der Waals surface area contributed by atoms with Crippen LogP contribution in [0.2, 0.25) is 5.02 Å². The van der Waals surface area contributed by atoms with Crippen LogP contribution in [0.1, 0.15) is 34.5 Å². The molecular weight excluding hydrogens is 284 g/mol.